The predicted molar refractivity (Wildman–Crippen MR) is 67.0 cm³/mol. The molecule has 0 fully saturated rings. The Kier molecular flexibility index (Phi) is 11.5. The topological polar surface area (TPSA) is 74.6 Å². The van der Waals surface area contributed by atoms with Gasteiger partial charge in [0.25, 0.3) is 0 Å². The van der Waals surface area contributed by atoms with Crippen LogP contribution in [0.4, 0.5) is 96.6 Å². The van der Waals surface area contributed by atoms with Crippen LogP contribution < -0.4 is 0 Å². The van der Waals surface area contributed by atoms with Crippen LogP contribution in [0.3, 0.4) is 0 Å². The molecule has 2 N–H and O–H groups in total. The van der Waals surface area contributed by atoms with Crippen LogP contribution in [0, 0.1) is 0 Å². The summed E-state index contributed by atoms with van der Waals surface area (Å²) in [6.45, 7) is 0. The molecule has 0 saturated heterocycles. The molecule has 0 aromatic carbocycles. The number of halogens is 22. The molecule has 238 valence electrons. The van der Waals surface area contributed by atoms with Crippen LogP contribution in [-0.2, 0) is 30.0 Å². The molecule has 0 spiro atoms. The quantitative estimate of drug-likeness (QED) is 0.226. The van der Waals surface area contributed by atoms with E-state index in [1.165, 1.54) is 0 Å². The molecule has 39 heavy (non-hydrogen) atoms. The molecule has 0 amide bonds. The Balaban J connectivity index is -0.000000648. The van der Waals surface area contributed by atoms with Gasteiger partial charge in [-0.3, -0.25) is 0 Å². The summed E-state index contributed by atoms with van der Waals surface area (Å²) >= 11 is 0. The number of carboxylic acids is 2. The zero-order valence-corrected chi connectivity index (χ0v) is 17.9. The van der Waals surface area contributed by atoms with Crippen LogP contribution in [0.15, 0.2) is 0 Å². The van der Waals surface area contributed by atoms with Crippen molar-refractivity contribution >= 4 is 11.9 Å². The average Bonchev–Trinajstić information content (AvgIpc) is 2.65. The van der Waals surface area contributed by atoms with Gasteiger partial charge in [-0.1, -0.05) is 0 Å². The Morgan fingerprint density at radius 1 is 0.333 bits per heavy atom. The fourth-order valence-corrected chi connectivity index (χ4v) is 1.41. The van der Waals surface area contributed by atoms with Crippen molar-refractivity contribution in [2.24, 2.45) is 0 Å². The van der Waals surface area contributed by atoms with Crippen molar-refractivity contribution in [1.29, 1.82) is 0 Å². The summed E-state index contributed by atoms with van der Waals surface area (Å²) in [5, 5.41) is 15.0. The SMILES string of the molecule is O=C(O)C(F)(F)C(F)(F)C(F)(F)C(F)(F)C(F)(F)F.O=C(O)C(F)(F)C(F)(F)C(F)(F)C(F)(F)C(F)(F)F.[Pd]. The molecule has 4 nitrogen and oxygen atoms in total. The molecule has 0 aromatic rings. The number of carboxylic acid groups (broad SMARTS) is 2. The second-order valence-electron chi connectivity index (χ2n) is 6.20. The van der Waals surface area contributed by atoms with Gasteiger partial charge >= 0.3 is 71.7 Å². The van der Waals surface area contributed by atoms with E-state index < -0.39 is 71.7 Å². The fourth-order valence-electron chi connectivity index (χ4n) is 1.41. The van der Waals surface area contributed by atoms with Gasteiger partial charge in [0.1, 0.15) is 0 Å². The Morgan fingerprint density at radius 3 is 0.590 bits per heavy atom. The second kappa shape index (κ2) is 10.8. The molecule has 27 heteroatoms. The summed E-state index contributed by atoms with van der Waals surface area (Å²) < 4.78 is 265. The molecule has 0 radical (unpaired) electrons. The molecule has 0 bridgehead atoms. The summed E-state index contributed by atoms with van der Waals surface area (Å²) in [4.78, 5) is 19.2. The molecular formula is C12H2F22O4Pd. The molecule has 0 saturated carbocycles. The maximum Gasteiger partial charge on any atom is 0.460 e. The Hall–Kier alpha value is -1.94. The maximum absolute atomic E-state index is 12.4. The van der Waals surface area contributed by atoms with E-state index in [4.69, 9.17) is 10.2 Å². The first kappa shape index (κ1) is 41.5. The smallest absolute Gasteiger partial charge is 0.460 e. The molecule has 0 aliphatic heterocycles. The molecule has 0 aromatic heterocycles. The number of aliphatic carboxylic acids is 2. The van der Waals surface area contributed by atoms with Crippen LogP contribution in [0.2, 0.25) is 0 Å². The summed E-state index contributed by atoms with van der Waals surface area (Å²) in [6, 6.07) is 0. The van der Waals surface area contributed by atoms with E-state index in [2.05, 4.69) is 0 Å². The van der Waals surface area contributed by atoms with Crippen LogP contribution in [0.1, 0.15) is 0 Å². The second-order valence-corrected chi connectivity index (χ2v) is 6.20. The van der Waals surface area contributed by atoms with E-state index in [1.54, 1.807) is 0 Å². The molecular weight excluding hydrogens is 733 g/mol. The van der Waals surface area contributed by atoms with Gasteiger partial charge in [0, 0.05) is 20.4 Å². The van der Waals surface area contributed by atoms with Crippen molar-refractivity contribution in [2.75, 3.05) is 0 Å². The number of hydrogen-bond acceptors (Lipinski definition) is 2. The van der Waals surface area contributed by atoms with Crippen molar-refractivity contribution < 1.29 is 137 Å². The van der Waals surface area contributed by atoms with Crippen LogP contribution in [-0.4, -0.2) is 81.9 Å². The molecule has 0 atom stereocenters. The van der Waals surface area contributed by atoms with E-state index in [-0.39, 0.29) is 20.4 Å². The zero-order chi connectivity index (χ0) is 32.2. The average molecular weight is 735 g/mol. The van der Waals surface area contributed by atoms with Crippen LogP contribution >= 0.6 is 0 Å². The first-order valence-corrected chi connectivity index (χ1v) is 7.51. The van der Waals surface area contributed by atoms with E-state index in [9.17, 15) is 106 Å². The van der Waals surface area contributed by atoms with Gasteiger partial charge in [-0.2, -0.15) is 96.6 Å². The first-order chi connectivity index (χ1) is 15.9. The Labute approximate surface area is 209 Å². The maximum atomic E-state index is 12.4. The van der Waals surface area contributed by atoms with E-state index in [1.807, 2.05) is 0 Å². The largest absolute Gasteiger partial charge is 0.477 e. The minimum Gasteiger partial charge on any atom is -0.477 e. The normalized spacial score (nSPS) is 15.1. The number of rotatable bonds is 8. The van der Waals surface area contributed by atoms with Gasteiger partial charge in [-0.05, 0) is 0 Å². The number of carbonyl (C=O) groups is 2. The van der Waals surface area contributed by atoms with Crippen LogP contribution in [0.5, 0.6) is 0 Å². The summed E-state index contributed by atoms with van der Waals surface area (Å²) in [6.07, 6.45) is -14.6. The predicted octanol–water partition coefficient (Wildman–Crippen LogP) is 6.35. The Bertz CT molecular complexity index is 814. The third-order valence-electron chi connectivity index (χ3n) is 3.62. The van der Waals surface area contributed by atoms with E-state index in [0.717, 1.165) is 0 Å². The Morgan fingerprint density at radius 2 is 0.487 bits per heavy atom. The van der Waals surface area contributed by atoms with Gasteiger partial charge in [0.05, 0.1) is 0 Å². The number of hydrogen-bond donors (Lipinski definition) is 2. The molecule has 0 rings (SSSR count). The molecule has 0 unspecified atom stereocenters. The van der Waals surface area contributed by atoms with E-state index in [0.29, 0.717) is 0 Å². The van der Waals surface area contributed by atoms with Crippen molar-refractivity contribution in [3.05, 3.63) is 0 Å². The van der Waals surface area contributed by atoms with Crippen molar-refractivity contribution in [2.45, 2.75) is 59.7 Å². The van der Waals surface area contributed by atoms with Crippen molar-refractivity contribution in [1.82, 2.24) is 0 Å². The van der Waals surface area contributed by atoms with E-state index >= 15 is 0 Å². The molecule has 0 aliphatic rings. The minimum absolute atomic E-state index is 0. The van der Waals surface area contributed by atoms with Crippen LogP contribution in [0.25, 0.3) is 0 Å². The van der Waals surface area contributed by atoms with Gasteiger partial charge < -0.3 is 10.2 Å². The third-order valence-corrected chi connectivity index (χ3v) is 3.62. The fraction of sp³-hybridized carbons (Fsp3) is 0.833. The first-order valence-electron chi connectivity index (χ1n) is 7.51. The van der Waals surface area contributed by atoms with Crippen molar-refractivity contribution in [3.8, 4) is 0 Å². The van der Waals surface area contributed by atoms with Gasteiger partial charge in [-0.15, -0.1) is 0 Å². The minimum atomic E-state index is -7.68. The number of alkyl halides is 22. The summed E-state index contributed by atoms with van der Waals surface area (Å²) in [5.74, 6) is -67.1. The van der Waals surface area contributed by atoms with Gasteiger partial charge in [0.2, 0.25) is 0 Å². The zero-order valence-electron chi connectivity index (χ0n) is 16.3. The third kappa shape index (κ3) is 6.21. The standard InChI is InChI=1S/2C6HF11O2.Pd/c2*7-2(8,1(18)19)3(9,10)4(11,12)5(13,14)6(15,16)17;/h2*(H,18,19);. The van der Waals surface area contributed by atoms with Crippen molar-refractivity contribution in [3.63, 3.8) is 0 Å². The monoisotopic (exact) mass is 734 g/mol. The summed E-state index contributed by atoms with van der Waals surface area (Å²) in [7, 11) is 0. The molecule has 0 aliphatic carbocycles. The molecule has 0 heterocycles. The van der Waals surface area contributed by atoms with Gasteiger partial charge in [0.15, 0.2) is 0 Å². The van der Waals surface area contributed by atoms with Gasteiger partial charge in [-0.25, -0.2) is 9.59 Å². The summed E-state index contributed by atoms with van der Waals surface area (Å²) in [5.41, 5.74) is 0.